The number of fused-ring (bicyclic) bond motifs is 1. The second kappa shape index (κ2) is 5.19. The fourth-order valence-electron chi connectivity index (χ4n) is 2.66. The maximum absolute atomic E-state index is 6.19. The van der Waals surface area contributed by atoms with Crippen molar-refractivity contribution in [1.29, 1.82) is 0 Å². The molecule has 0 aliphatic heterocycles. The maximum Gasteiger partial charge on any atom is 0.143 e. The van der Waals surface area contributed by atoms with Gasteiger partial charge in [-0.1, -0.05) is 22.0 Å². The molecule has 108 valence electrons. The third kappa shape index (κ3) is 2.44. The van der Waals surface area contributed by atoms with E-state index in [-0.39, 0.29) is 0 Å². The number of anilines is 1. The summed E-state index contributed by atoms with van der Waals surface area (Å²) in [5, 5.41) is 0. The molecule has 0 spiro atoms. The number of rotatable bonds is 2. The molecule has 0 unspecified atom stereocenters. The zero-order valence-electron chi connectivity index (χ0n) is 12.4. The number of imidazole rings is 1. The van der Waals surface area contributed by atoms with Crippen LogP contribution in [-0.4, -0.2) is 9.55 Å². The second-order valence-corrected chi connectivity index (χ2v) is 6.54. The predicted octanol–water partition coefficient (Wildman–Crippen LogP) is 4.94. The van der Waals surface area contributed by atoms with Gasteiger partial charge < -0.3 is 10.3 Å². The molecule has 0 amide bonds. The SMILES string of the molecule is Cc1ccc2c(c1)nc(-c1ccc(Br)cc1N)n2C(C)C. The van der Waals surface area contributed by atoms with E-state index in [0.717, 1.165) is 32.6 Å². The molecular weight excluding hydrogens is 326 g/mol. The number of nitrogens with zero attached hydrogens (tertiary/aromatic N) is 2. The van der Waals surface area contributed by atoms with E-state index in [0.29, 0.717) is 6.04 Å². The summed E-state index contributed by atoms with van der Waals surface area (Å²) in [6.07, 6.45) is 0. The second-order valence-electron chi connectivity index (χ2n) is 5.62. The van der Waals surface area contributed by atoms with E-state index in [4.69, 9.17) is 10.7 Å². The molecule has 1 aromatic heterocycles. The number of nitrogen functional groups attached to an aromatic ring is 1. The Labute approximate surface area is 132 Å². The normalized spacial score (nSPS) is 11.5. The average Bonchev–Trinajstić information content (AvgIpc) is 2.76. The highest BCUT2D eigenvalue weighted by Gasteiger charge is 2.16. The molecule has 0 fully saturated rings. The smallest absolute Gasteiger partial charge is 0.143 e. The van der Waals surface area contributed by atoms with Crippen LogP contribution in [0.1, 0.15) is 25.5 Å². The van der Waals surface area contributed by atoms with Crippen molar-refractivity contribution in [1.82, 2.24) is 9.55 Å². The summed E-state index contributed by atoms with van der Waals surface area (Å²) in [6, 6.07) is 12.6. The molecule has 0 saturated heterocycles. The number of benzene rings is 2. The first-order chi connectivity index (χ1) is 9.97. The number of hydrogen-bond donors (Lipinski definition) is 1. The summed E-state index contributed by atoms with van der Waals surface area (Å²) in [4.78, 5) is 4.82. The summed E-state index contributed by atoms with van der Waals surface area (Å²) in [5.74, 6) is 0.926. The van der Waals surface area contributed by atoms with Crippen molar-refractivity contribution in [2.24, 2.45) is 0 Å². The molecule has 0 atom stereocenters. The van der Waals surface area contributed by atoms with Crippen LogP contribution in [0.3, 0.4) is 0 Å². The summed E-state index contributed by atoms with van der Waals surface area (Å²) >= 11 is 3.45. The first-order valence-electron chi connectivity index (χ1n) is 7.01. The molecule has 3 nitrogen and oxygen atoms in total. The Morgan fingerprint density at radius 2 is 1.90 bits per heavy atom. The van der Waals surface area contributed by atoms with Gasteiger partial charge >= 0.3 is 0 Å². The lowest BCUT2D eigenvalue weighted by atomic mass is 10.1. The average molecular weight is 344 g/mol. The van der Waals surface area contributed by atoms with Gasteiger partial charge in [0.25, 0.3) is 0 Å². The molecule has 3 rings (SSSR count). The minimum absolute atomic E-state index is 0.316. The molecule has 0 bridgehead atoms. The van der Waals surface area contributed by atoms with Gasteiger partial charge in [-0.3, -0.25) is 0 Å². The van der Waals surface area contributed by atoms with Gasteiger partial charge in [0, 0.05) is 21.8 Å². The van der Waals surface area contributed by atoms with E-state index in [1.807, 2.05) is 18.2 Å². The van der Waals surface area contributed by atoms with E-state index < -0.39 is 0 Å². The van der Waals surface area contributed by atoms with Gasteiger partial charge in [0.2, 0.25) is 0 Å². The summed E-state index contributed by atoms with van der Waals surface area (Å²) in [6.45, 7) is 6.42. The van der Waals surface area contributed by atoms with Crippen molar-refractivity contribution in [2.75, 3.05) is 5.73 Å². The highest BCUT2D eigenvalue weighted by molar-refractivity contribution is 9.10. The van der Waals surface area contributed by atoms with Crippen LogP contribution >= 0.6 is 15.9 Å². The molecule has 0 saturated carbocycles. The molecular formula is C17H18BrN3. The molecule has 2 aromatic carbocycles. The van der Waals surface area contributed by atoms with E-state index in [2.05, 4.69) is 59.5 Å². The Hall–Kier alpha value is -1.81. The van der Waals surface area contributed by atoms with Crippen LogP contribution in [0, 0.1) is 6.92 Å². The van der Waals surface area contributed by atoms with Crippen LogP contribution in [0.5, 0.6) is 0 Å². The quantitative estimate of drug-likeness (QED) is 0.670. The van der Waals surface area contributed by atoms with E-state index in [9.17, 15) is 0 Å². The lowest BCUT2D eigenvalue weighted by Crippen LogP contribution is -2.04. The minimum Gasteiger partial charge on any atom is -0.398 e. The van der Waals surface area contributed by atoms with Crippen LogP contribution < -0.4 is 5.73 Å². The van der Waals surface area contributed by atoms with Crippen LogP contribution in [-0.2, 0) is 0 Å². The van der Waals surface area contributed by atoms with Crippen molar-refractivity contribution >= 4 is 32.7 Å². The Balaban J connectivity index is 2.33. The van der Waals surface area contributed by atoms with Gasteiger partial charge in [-0.25, -0.2) is 4.98 Å². The van der Waals surface area contributed by atoms with Gasteiger partial charge in [0.1, 0.15) is 5.82 Å². The monoisotopic (exact) mass is 343 g/mol. The van der Waals surface area contributed by atoms with E-state index in [1.54, 1.807) is 0 Å². The molecule has 3 aromatic rings. The summed E-state index contributed by atoms with van der Waals surface area (Å²) < 4.78 is 3.22. The molecule has 1 heterocycles. The topological polar surface area (TPSA) is 43.8 Å². The molecule has 21 heavy (non-hydrogen) atoms. The zero-order chi connectivity index (χ0) is 15.1. The van der Waals surface area contributed by atoms with Gasteiger partial charge in [-0.05, 0) is 56.7 Å². The van der Waals surface area contributed by atoms with Crippen molar-refractivity contribution in [2.45, 2.75) is 26.8 Å². The van der Waals surface area contributed by atoms with Crippen LogP contribution in [0.4, 0.5) is 5.69 Å². The summed E-state index contributed by atoms with van der Waals surface area (Å²) in [7, 11) is 0. The number of aromatic nitrogens is 2. The summed E-state index contributed by atoms with van der Waals surface area (Å²) in [5.41, 5.74) is 11.3. The Bertz CT molecular complexity index is 818. The molecule has 4 heteroatoms. The standard InChI is InChI=1S/C17H18BrN3/c1-10(2)21-16-7-4-11(3)8-15(16)20-17(21)13-6-5-12(18)9-14(13)19/h4-10H,19H2,1-3H3. The Kier molecular flexibility index (Phi) is 3.49. The number of nitrogens with two attached hydrogens (primary N) is 1. The third-order valence-electron chi connectivity index (χ3n) is 3.62. The largest absolute Gasteiger partial charge is 0.398 e. The predicted molar refractivity (Wildman–Crippen MR) is 92.4 cm³/mol. The van der Waals surface area contributed by atoms with Crippen molar-refractivity contribution in [3.8, 4) is 11.4 Å². The fourth-order valence-corrected chi connectivity index (χ4v) is 3.04. The Morgan fingerprint density at radius 3 is 2.57 bits per heavy atom. The van der Waals surface area contributed by atoms with E-state index >= 15 is 0 Å². The van der Waals surface area contributed by atoms with Gasteiger partial charge in [0.15, 0.2) is 0 Å². The molecule has 0 radical (unpaired) electrons. The third-order valence-corrected chi connectivity index (χ3v) is 4.11. The zero-order valence-corrected chi connectivity index (χ0v) is 14.0. The number of aryl methyl sites for hydroxylation is 1. The number of hydrogen-bond acceptors (Lipinski definition) is 2. The lowest BCUT2D eigenvalue weighted by molar-refractivity contribution is 0.624. The molecule has 2 N–H and O–H groups in total. The van der Waals surface area contributed by atoms with Crippen LogP contribution in [0.25, 0.3) is 22.4 Å². The van der Waals surface area contributed by atoms with E-state index in [1.165, 1.54) is 5.56 Å². The van der Waals surface area contributed by atoms with Gasteiger partial charge in [-0.2, -0.15) is 0 Å². The Morgan fingerprint density at radius 1 is 1.14 bits per heavy atom. The first-order valence-corrected chi connectivity index (χ1v) is 7.80. The molecule has 0 aliphatic carbocycles. The first kappa shape index (κ1) is 14.1. The minimum atomic E-state index is 0.316. The van der Waals surface area contributed by atoms with Crippen molar-refractivity contribution in [3.63, 3.8) is 0 Å². The highest BCUT2D eigenvalue weighted by Crippen LogP contribution is 2.33. The fraction of sp³-hybridized carbons (Fsp3) is 0.235. The van der Waals surface area contributed by atoms with Gasteiger partial charge in [-0.15, -0.1) is 0 Å². The van der Waals surface area contributed by atoms with Crippen LogP contribution in [0.2, 0.25) is 0 Å². The lowest BCUT2D eigenvalue weighted by Gasteiger charge is -2.14. The maximum atomic E-state index is 6.19. The molecule has 0 aliphatic rings. The number of halogens is 1. The van der Waals surface area contributed by atoms with Crippen molar-refractivity contribution < 1.29 is 0 Å². The van der Waals surface area contributed by atoms with Gasteiger partial charge in [0.05, 0.1) is 11.0 Å². The van der Waals surface area contributed by atoms with Crippen LogP contribution in [0.15, 0.2) is 40.9 Å². The highest BCUT2D eigenvalue weighted by atomic mass is 79.9. The van der Waals surface area contributed by atoms with Crippen molar-refractivity contribution in [3.05, 3.63) is 46.4 Å².